The maximum atomic E-state index is 6.63. The van der Waals surface area contributed by atoms with Gasteiger partial charge in [0.05, 0.1) is 5.04 Å². The standard InChI is InChI=1S/C25H47NO2Si/c1-7-27-29(28-8-2,25(6)20-21(3)22(4)23(25)5)26-24-18-16-14-12-10-9-11-13-15-17-19-24/h20,24,26H,7-19H2,1-6H3. The zero-order valence-corrected chi connectivity index (χ0v) is 21.2. The highest BCUT2D eigenvalue weighted by Gasteiger charge is 2.58. The lowest BCUT2D eigenvalue weighted by Gasteiger charge is -2.44. The van der Waals surface area contributed by atoms with E-state index in [4.69, 9.17) is 8.85 Å². The summed E-state index contributed by atoms with van der Waals surface area (Å²) >= 11 is 0. The van der Waals surface area contributed by atoms with E-state index in [1.54, 1.807) is 0 Å². The van der Waals surface area contributed by atoms with Crippen LogP contribution in [0, 0.1) is 0 Å². The lowest BCUT2D eigenvalue weighted by atomic mass is 9.98. The van der Waals surface area contributed by atoms with E-state index >= 15 is 0 Å². The molecule has 2 aliphatic carbocycles. The van der Waals surface area contributed by atoms with Crippen molar-refractivity contribution in [2.24, 2.45) is 0 Å². The van der Waals surface area contributed by atoms with Crippen molar-refractivity contribution in [3.63, 3.8) is 0 Å². The third-order valence-electron chi connectivity index (χ3n) is 7.32. The summed E-state index contributed by atoms with van der Waals surface area (Å²) in [6, 6.07) is 0.499. The van der Waals surface area contributed by atoms with Crippen molar-refractivity contribution in [1.82, 2.24) is 4.98 Å². The van der Waals surface area contributed by atoms with Crippen molar-refractivity contribution in [3.05, 3.63) is 22.8 Å². The Balaban J connectivity index is 2.28. The summed E-state index contributed by atoms with van der Waals surface area (Å²) in [5.74, 6) is 0. The van der Waals surface area contributed by atoms with Gasteiger partial charge < -0.3 is 8.85 Å². The highest BCUT2D eigenvalue weighted by Crippen LogP contribution is 2.53. The number of allylic oxidation sites excluding steroid dienone is 4. The average molecular weight is 422 g/mol. The predicted octanol–water partition coefficient (Wildman–Crippen LogP) is 7.32. The predicted molar refractivity (Wildman–Crippen MR) is 127 cm³/mol. The van der Waals surface area contributed by atoms with E-state index in [1.165, 1.54) is 87.3 Å². The van der Waals surface area contributed by atoms with Crippen LogP contribution in [-0.4, -0.2) is 28.0 Å². The van der Waals surface area contributed by atoms with Crippen molar-refractivity contribution in [2.45, 2.75) is 123 Å². The van der Waals surface area contributed by atoms with E-state index in [2.05, 4.69) is 52.6 Å². The second-order valence-corrected chi connectivity index (χ2v) is 12.5. The number of rotatable bonds is 7. The van der Waals surface area contributed by atoms with Gasteiger partial charge in [-0.3, -0.25) is 4.98 Å². The summed E-state index contributed by atoms with van der Waals surface area (Å²) in [4.78, 5) is 4.09. The molecule has 1 atom stereocenters. The highest BCUT2D eigenvalue weighted by atomic mass is 28.4. The molecule has 0 aliphatic heterocycles. The van der Waals surface area contributed by atoms with Crippen LogP contribution in [0.3, 0.4) is 0 Å². The Bertz CT molecular complexity index is 553. The van der Waals surface area contributed by atoms with Crippen LogP contribution in [0.2, 0.25) is 5.04 Å². The fourth-order valence-corrected chi connectivity index (χ4v) is 9.11. The van der Waals surface area contributed by atoms with Crippen molar-refractivity contribution in [2.75, 3.05) is 13.2 Å². The van der Waals surface area contributed by atoms with Gasteiger partial charge in [0.1, 0.15) is 0 Å². The first kappa shape index (κ1) is 24.8. The van der Waals surface area contributed by atoms with E-state index in [0.717, 1.165) is 0 Å². The molecular formula is C25H47NO2Si. The molecule has 3 nitrogen and oxygen atoms in total. The quantitative estimate of drug-likeness (QED) is 0.437. The van der Waals surface area contributed by atoms with Gasteiger partial charge >= 0.3 is 8.72 Å². The van der Waals surface area contributed by atoms with Crippen molar-refractivity contribution in [3.8, 4) is 0 Å². The molecule has 0 bridgehead atoms. The van der Waals surface area contributed by atoms with E-state index in [1.807, 2.05) is 0 Å². The van der Waals surface area contributed by atoms with Crippen molar-refractivity contribution in [1.29, 1.82) is 0 Å². The number of hydrogen-bond acceptors (Lipinski definition) is 3. The maximum absolute atomic E-state index is 6.63. The smallest absolute Gasteiger partial charge is 0.382 e. The first-order valence-corrected chi connectivity index (χ1v) is 14.1. The molecule has 0 aromatic rings. The van der Waals surface area contributed by atoms with E-state index in [9.17, 15) is 0 Å². The Kier molecular flexibility index (Phi) is 10.1. The molecule has 2 rings (SSSR count). The molecular weight excluding hydrogens is 374 g/mol. The molecule has 4 heteroatoms. The Morgan fingerprint density at radius 2 is 1.31 bits per heavy atom. The molecule has 0 saturated heterocycles. The fourth-order valence-electron chi connectivity index (χ4n) is 5.23. The number of nitrogens with one attached hydrogen (secondary N) is 1. The van der Waals surface area contributed by atoms with Crippen LogP contribution >= 0.6 is 0 Å². The molecule has 29 heavy (non-hydrogen) atoms. The highest BCUT2D eigenvalue weighted by molar-refractivity contribution is 6.70. The van der Waals surface area contributed by atoms with Crippen LogP contribution in [0.25, 0.3) is 0 Å². The second kappa shape index (κ2) is 11.8. The Morgan fingerprint density at radius 1 is 0.862 bits per heavy atom. The van der Waals surface area contributed by atoms with Gasteiger partial charge in [-0.15, -0.1) is 0 Å². The van der Waals surface area contributed by atoms with Crippen LogP contribution in [0.4, 0.5) is 0 Å². The van der Waals surface area contributed by atoms with Gasteiger partial charge in [0.2, 0.25) is 0 Å². The summed E-state index contributed by atoms with van der Waals surface area (Å²) < 4.78 is 13.3. The first-order chi connectivity index (χ1) is 13.9. The summed E-state index contributed by atoms with van der Waals surface area (Å²) in [5, 5.41) is -0.156. The summed E-state index contributed by atoms with van der Waals surface area (Å²) in [6.45, 7) is 14.7. The third kappa shape index (κ3) is 6.06. The topological polar surface area (TPSA) is 30.5 Å². The van der Waals surface area contributed by atoms with E-state index in [-0.39, 0.29) is 5.04 Å². The van der Waals surface area contributed by atoms with Crippen molar-refractivity contribution < 1.29 is 8.85 Å². The van der Waals surface area contributed by atoms with Gasteiger partial charge in [-0.1, -0.05) is 75.0 Å². The third-order valence-corrected chi connectivity index (χ3v) is 11.4. The molecule has 1 N–H and O–H groups in total. The van der Waals surface area contributed by atoms with Crippen LogP contribution in [0.1, 0.15) is 112 Å². The van der Waals surface area contributed by atoms with E-state index in [0.29, 0.717) is 19.3 Å². The van der Waals surface area contributed by atoms with Gasteiger partial charge in [0, 0.05) is 19.3 Å². The molecule has 0 spiro atoms. The normalized spacial score (nSPS) is 26.2. The average Bonchev–Trinajstić information content (AvgIpc) is 2.88. The van der Waals surface area contributed by atoms with Crippen LogP contribution in [0.15, 0.2) is 22.8 Å². The van der Waals surface area contributed by atoms with Crippen molar-refractivity contribution >= 4 is 8.72 Å². The van der Waals surface area contributed by atoms with E-state index < -0.39 is 8.72 Å². The molecule has 1 saturated carbocycles. The Labute approximate surface area is 182 Å². The minimum atomic E-state index is -2.70. The van der Waals surface area contributed by atoms with Crippen LogP contribution < -0.4 is 4.98 Å². The first-order valence-electron chi connectivity index (χ1n) is 12.3. The molecule has 2 aliphatic rings. The van der Waals surface area contributed by atoms with Crippen LogP contribution in [-0.2, 0) is 8.85 Å². The number of hydrogen-bond donors (Lipinski definition) is 1. The lowest BCUT2D eigenvalue weighted by molar-refractivity contribution is 0.149. The molecule has 0 amide bonds. The van der Waals surface area contributed by atoms with Gasteiger partial charge in [0.25, 0.3) is 0 Å². The largest absolute Gasteiger partial charge is 0.439 e. The molecule has 0 aromatic heterocycles. The molecule has 0 radical (unpaired) electrons. The Morgan fingerprint density at radius 3 is 1.69 bits per heavy atom. The zero-order valence-electron chi connectivity index (χ0n) is 20.2. The fraction of sp³-hybridized carbons (Fsp3) is 0.840. The summed E-state index contributed by atoms with van der Waals surface area (Å²) in [5.41, 5.74) is 4.20. The molecule has 0 heterocycles. The zero-order chi connectivity index (χ0) is 21.3. The van der Waals surface area contributed by atoms with Gasteiger partial charge in [-0.2, -0.15) is 0 Å². The molecule has 168 valence electrons. The minimum Gasteiger partial charge on any atom is -0.382 e. The van der Waals surface area contributed by atoms with Gasteiger partial charge in [0.15, 0.2) is 0 Å². The van der Waals surface area contributed by atoms with Gasteiger partial charge in [-0.05, 0) is 60.0 Å². The monoisotopic (exact) mass is 421 g/mol. The molecule has 1 unspecified atom stereocenters. The van der Waals surface area contributed by atoms with Crippen LogP contribution in [0.5, 0.6) is 0 Å². The SMILES string of the molecule is CCO[Si](NC1CCCCCCCCCCC1)(OCC)C1(C)C=C(C)C(C)=C1C. The molecule has 1 fully saturated rings. The lowest BCUT2D eigenvalue weighted by Crippen LogP contribution is -2.66. The molecule has 0 aromatic carbocycles. The summed E-state index contributed by atoms with van der Waals surface area (Å²) in [7, 11) is -2.70. The minimum absolute atomic E-state index is 0.156. The second-order valence-electron chi connectivity index (χ2n) is 9.36. The summed E-state index contributed by atoms with van der Waals surface area (Å²) in [6.07, 6.45) is 17.3. The maximum Gasteiger partial charge on any atom is 0.439 e. The Hall–Kier alpha value is -0.423. The van der Waals surface area contributed by atoms with Gasteiger partial charge in [-0.25, -0.2) is 0 Å².